The standard InChI is InChI=1S/C17H19BrO2/c1-11-8-14(9-12(2)17(11)20-3)16(19)10-13-4-6-15(18)7-5-13/h4-9,16,19H,10H2,1-3H3. The van der Waals surface area contributed by atoms with Crippen molar-refractivity contribution in [3.63, 3.8) is 0 Å². The number of methoxy groups -OCH3 is 1. The molecular formula is C17H19BrO2. The van der Waals surface area contributed by atoms with E-state index in [0.29, 0.717) is 6.42 Å². The Morgan fingerprint density at radius 1 is 1.10 bits per heavy atom. The molecule has 0 fully saturated rings. The van der Waals surface area contributed by atoms with Gasteiger partial charge in [-0.25, -0.2) is 0 Å². The van der Waals surface area contributed by atoms with Crippen LogP contribution in [0.3, 0.4) is 0 Å². The fourth-order valence-electron chi connectivity index (χ4n) is 2.46. The van der Waals surface area contributed by atoms with E-state index in [1.165, 1.54) is 0 Å². The fourth-order valence-corrected chi connectivity index (χ4v) is 2.72. The SMILES string of the molecule is COc1c(C)cc(C(O)Cc2ccc(Br)cc2)cc1C. The molecule has 0 saturated heterocycles. The van der Waals surface area contributed by atoms with Crippen molar-refractivity contribution in [3.8, 4) is 5.75 Å². The minimum Gasteiger partial charge on any atom is -0.496 e. The van der Waals surface area contributed by atoms with E-state index in [1.54, 1.807) is 7.11 Å². The lowest BCUT2D eigenvalue weighted by atomic mass is 9.97. The van der Waals surface area contributed by atoms with Crippen LogP contribution in [0.2, 0.25) is 0 Å². The fraction of sp³-hybridized carbons (Fsp3) is 0.294. The van der Waals surface area contributed by atoms with Gasteiger partial charge in [0.25, 0.3) is 0 Å². The van der Waals surface area contributed by atoms with Gasteiger partial charge in [-0.1, -0.05) is 28.1 Å². The molecule has 1 unspecified atom stereocenters. The van der Waals surface area contributed by atoms with Crippen molar-refractivity contribution >= 4 is 15.9 Å². The number of aryl methyl sites for hydroxylation is 2. The molecule has 2 aromatic carbocycles. The molecular weight excluding hydrogens is 316 g/mol. The Kier molecular flexibility index (Phi) is 4.84. The second-order valence-corrected chi connectivity index (χ2v) is 5.95. The van der Waals surface area contributed by atoms with Gasteiger partial charge in [0.05, 0.1) is 13.2 Å². The molecule has 0 spiro atoms. The maximum Gasteiger partial charge on any atom is 0.124 e. The van der Waals surface area contributed by atoms with Gasteiger partial charge >= 0.3 is 0 Å². The second kappa shape index (κ2) is 6.42. The highest BCUT2D eigenvalue weighted by atomic mass is 79.9. The number of aliphatic hydroxyl groups is 1. The minimum atomic E-state index is -0.500. The molecule has 0 bridgehead atoms. The zero-order chi connectivity index (χ0) is 14.7. The van der Waals surface area contributed by atoms with E-state index < -0.39 is 6.10 Å². The highest BCUT2D eigenvalue weighted by Gasteiger charge is 2.12. The molecule has 20 heavy (non-hydrogen) atoms. The van der Waals surface area contributed by atoms with Gasteiger partial charge in [-0.15, -0.1) is 0 Å². The normalized spacial score (nSPS) is 12.2. The Hall–Kier alpha value is -1.32. The number of benzene rings is 2. The number of hydrogen-bond acceptors (Lipinski definition) is 2. The number of hydrogen-bond donors (Lipinski definition) is 1. The first-order chi connectivity index (χ1) is 9.51. The van der Waals surface area contributed by atoms with E-state index in [-0.39, 0.29) is 0 Å². The molecule has 0 aliphatic rings. The maximum atomic E-state index is 10.4. The Morgan fingerprint density at radius 3 is 2.15 bits per heavy atom. The summed E-state index contributed by atoms with van der Waals surface area (Å²) in [4.78, 5) is 0. The van der Waals surface area contributed by atoms with Crippen LogP contribution in [0, 0.1) is 13.8 Å². The Labute approximate surface area is 128 Å². The maximum absolute atomic E-state index is 10.4. The summed E-state index contributed by atoms with van der Waals surface area (Å²) >= 11 is 3.42. The van der Waals surface area contributed by atoms with Crippen molar-refractivity contribution in [2.75, 3.05) is 7.11 Å². The van der Waals surface area contributed by atoms with Crippen LogP contribution < -0.4 is 4.74 Å². The third kappa shape index (κ3) is 3.41. The summed E-state index contributed by atoms with van der Waals surface area (Å²) in [5.41, 5.74) is 4.16. The summed E-state index contributed by atoms with van der Waals surface area (Å²) in [6, 6.07) is 12.0. The molecule has 3 heteroatoms. The van der Waals surface area contributed by atoms with Crippen LogP contribution in [0.15, 0.2) is 40.9 Å². The van der Waals surface area contributed by atoms with Gasteiger partial charge in [-0.3, -0.25) is 0 Å². The Morgan fingerprint density at radius 2 is 1.65 bits per heavy atom. The predicted octanol–water partition coefficient (Wildman–Crippen LogP) is 4.35. The Bertz CT molecular complexity index is 567. The second-order valence-electron chi connectivity index (χ2n) is 5.03. The first-order valence-corrected chi connectivity index (χ1v) is 7.38. The highest BCUT2D eigenvalue weighted by Crippen LogP contribution is 2.28. The predicted molar refractivity (Wildman–Crippen MR) is 85.3 cm³/mol. The monoisotopic (exact) mass is 334 g/mol. The van der Waals surface area contributed by atoms with Gasteiger partial charge in [-0.05, 0) is 60.4 Å². The van der Waals surface area contributed by atoms with Gasteiger partial charge < -0.3 is 9.84 Å². The molecule has 0 aliphatic heterocycles. The van der Waals surface area contributed by atoms with Gasteiger partial charge in [0.15, 0.2) is 0 Å². The van der Waals surface area contributed by atoms with Crippen LogP contribution >= 0.6 is 15.9 Å². The number of rotatable bonds is 4. The van der Waals surface area contributed by atoms with E-state index in [2.05, 4.69) is 15.9 Å². The van der Waals surface area contributed by atoms with Gasteiger partial charge in [-0.2, -0.15) is 0 Å². The van der Waals surface area contributed by atoms with Crippen LogP contribution in [0.1, 0.15) is 28.4 Å². The molecule has 106 valence electrons. The van der Waals surface area contributed by atoms with E-state index in [1.807, 2.05) is 50.2 Å². The molecule has 1 atom stereocenters. The number of ether oxygens (including phenoxy) is 1. The smallest absolute Gasteiger partial charge is 0.124 e. The number of aliphatic hydroxyl groups excluding tert-OH is 1. The summed E-state index contributed by atoms with van der Waals surface area (Å²) in [7, 11) is 1.67. The summed E-state index contributed by atoms with van der Waals surface area (Å²) in [6.45, 7) is 4.00. The molecule has 0 amide bonds. The van der Waals surface area contributed by atoms with Gasteiger partial charge in [0.1, 0.15) is 5.75 Å². The summed E-state index contributed by atoms with van der Waals surface area (Å²) < 4.78 is 6.40. The first-order valence-electron chi connectivity index (χ1n) is 6.59. The zero-order valence-electron chi connectivity index (χ0n) is 12.0. The molecule has 0 aromatic heterocycles. The lowest BCUT2D eigenvalue weighted by Crippen LogP contribution is -2.04. The minimum absolute atomic E-state index is 0.500. The molecule has 0 aliphatic carbocycles. The molecule has 0 radical (unpaired) electrons. The highest BCUT2D eigenvalue weighted by molar-refractivity contribution is 9.10. The van der Waals surface area contributed by atoms with E-state index in [4.69, 9.17) is 4.74 Å². The molecule has 0 saturated carbocycles. The van der Waals surface area contributed by atoms with Crippen molar-refractivity contribution in [1.82, 2.24) is 0 Å². The van der Waals surface area contributed by atoms with Crippen LogP contribution in [0.4, 0.5) is 0 Å². The van der Waals surface area contributed by atoms with Crippen LogP contribution in [0.5, 0.6) is 5.75 Å². The van der Waals surface area contributed by atoms with Crippen LogP contribution in [-0.2, 0) is 6.42 Å². The van der Waals surface area contributed by atoms with E-state index in [9.17, 15) is 5.11 Å². The summed E-state index contributed by atoms with van der Waals surface area (Å²) in [6.07, 6.45) is 0.109. The number of halogens is 1. The van der Waals surface area contributed by atoms with Crippen molar-refractivity contribution < 1.29 is 9.84 Å². The van der Waals surface area contributed by atoms with Crippen LogP contribution in [-0.4, -0.2) is 12.2 Å². The summed E-state index contributed by atoms with van der Waals surface area (Å²) in [5.74, 6) is 0.893. The van der Waals surface area contributed by atoms with Gasteiger partial charge in [0, 0.05) is 10.9 Å². The van der Waals surface area contributed by atoms with E-state index >= 15 is 0 Å². The van der Waals surface area contributed by atoms with Crippen LogP contribution in [0.25, 0.3) is 0 Å². The molecule has 0 heterocycles. The van der Waals surface area contributed by atoms with Crippen molar-refractivity contribution in [1.29, 1.82) is 0 Å². The third-order valence-corrected chi connectivity index (χ3v) is 3.94. The quantitative estimate of drug-likeness (QED) is 0.900. The van der Waals surface area contributed by atoms with Crippen molar-refractivity contribution in [3.05, 3.63) is 63.1 Å². The first kappa shape index (κ1) is 15.1. The molecule has 2 nitrogen and oxygen atoms in total. The average molecular weight is 335 g/mol. The molecule has 2 rings (SSSR count). The molecule has 2 aromatic rings. The van der Waals surface area contributed by atoms with E-state index in [0.717, 1.165) is 32.5 Å². The van der Waals surface area contributed by atoms with Crippen molar-refractivity contribution in [2.45, 2.75) is 26.4 Å². The largest absolute Gasteiger partial charge is 0.496 e. The Balaban J connectivity index is 2.21. The average Bonchev–Trinajstić information content (AvgIpc) is 2.41. The lowest BCUT2D eigenvalue weighted by Gasteiger charge is -2.16. The van der Waals surface area contributed by atoms with Crippen molar-refractivity contribution in [2.24, 2.45) is 0 Å². The molecule has 1 N–H and O–H groups in total. The summed E-state index contributed by atoms with van der Waals surface area (Å²) in [5, 5.41) is 10.4. The lowest BCUT2D eigenvalue weighted by molar-refractivity contribution is 0.178. The third-order valence-electron chi connectivity index (χ3n) is 3.41. The zero-order valence-corrected chi connectivity index (χ0v) is 13.6. The van der Waals surface area contributed by atoms with Gasteiger partial charge in [0.2, 0.25) is 0 Å². The topological polar surface area (TPSA) is 29.5 Å².